The first-order valence-electron chi connectivity index (χ1n) is 7.78. The number of carbonyl (C=O) groups is 2. The standard InChI is InChI=1S/C15H26N2O4/c1-15(13(19)20)8-5-9-17(10-15)14(21)16(2)11-6-3-4-7-12(11)18/h11-12,18H,3-10H2,1-2H3,(H,19,20). The fourth-order valence-electron chi connectivity index (χ4n) is 3.49. The van der Waals surface area contributed by atoms with E-state index < -0.39 is 17.5 Å². The van der Waals surface area contributed by atoms with Gasteiger partial charge in [0.2, 0.25) is 0 Å². The second-order valence-electron chi connectivity index (χ2n) is 6.70. The summed E-state index contributed by atoms with van der Waals surface area (Å²) in [6.45, 7) is 2.54. The van der Waals surface area contributed by atoms with E-state index in [0.717, 1.165) is 25.7 Å². The molecule has 120 valence electrons. The van der Waals surface area contributed by atoms with Gasteiger partial charge in [0, 0.05) is 20.1 Å². The Morgan fingerprint density at radius 2 is 1.90 bits per heavy atom. The van der Waals surface area contributed by atoms with Crippen molar-refractivity contribution < 1.29 is 19.8 Å². The second-order valence-corrected chi connectivity index (χ2v) is 6.70. The molecule has 2 aliphatic rings. The summed E-state index contributed by atoms with van der Waals surface area (Å²) in [5.41, 5.74) is -0.861. The van der Waals surface area contributed by atoms with Crippen LogP contribution >= 0.6 is 0 Å². The molecule has 0 spiro atoms. The molecule has 3 unspecified atom stereocenters. The summed E-state index contributed by atoms with van der Waals surface area (Å²) in [5.74, 6) is -0.847. The number of carboxylic acids is 1. The molecule has 2 amide bonds. The highest BCUT2D eigenvalue weighted by Gasteiger charge is 2.41. The minimum atomic E-state index is -0.861. The van der Waals surface area contributed by atoms with Gasteiger partial charge in [-0.3, -0.25) is 4.79 Å². The van der Waals surface area contributed by atoms with E-state index in [4.69, 9.17) is 0 Å². The Morgan fingerprint density at radius 1 is 1.24 bits per heavy atom. The van der Waals surface area contributed by atoms with Crippen LogP contribution in [0.5, 0.6) is 0 Å². The SMILES string of the molecule is CN(C(=O)N1CCCC(C)(C(=O)O)C1)C1CCCCC1O. The maximum Gasteiger partial charge on any atom is 0.320 e. The average molecular weight is 298 g/mol. The lowest BCUT2D eigenvalue weighted by atomic mass is 9.82. The van der Waals surface area contributed by atoms with Gasteiger partial charge in [-0.05, 0) is 32.6 Å². The maximum absolute atomic E-state index is 12.6. The highest BCUT2D eigenvalue weighted by atomic mass is 16.4. The lowest BCUT2D eigenvalue weighted by molar-refractivity contribution is -0.150. The Bertz CT molecular complexity index is 414. The minimum absolute atomic E-state index is 0.149. The third-order valence-electron chi connectivity index (χ3n) is 4.98. The van der Waals surface area contributed by atoms with Crippen LogP contribution in [0, 0.1) is 5.41 Å². The second kappa shape index (κ2) is 6.22. The van der Waals surface area contributed by atoms with Crippen molar-refractivity contribution in [2.75, 3.05) is 20.1 Å². The molecule has 0 aromatic rings. The van der Waals surface area contributed by atoms with Crippen LogP contribution < -0.4 is 0 Å². The van der Waals surface area contributed by atoms with Gasteiger partial charge in [0.1, 0.15) is 0 Å². The number of carbonyl (C=O) groups excluding carboxylic acids is 1. The third kappa shape index (κ3) is 3.31. The Labute approximate surface area is 125 Å². The van der Waals surface area contributed by atoms with E-state index in [2.05, 4.69) is 0 Å². The van der Waals surface area contributed by atoms with Crippen molar-refractivity contribution in [2.24, 2.45) is 5.41 Å². The number of hydrogen-bond acceptors (Lipinski definition) is 3. The molecule has 1 aliphatic heterocycles. The molecule has 2 N–H and O–H groups in total. The molecule has 2 fully saturated rings. The molecule has 1 saturated heterocycles. The smallest absolute Gasteiger partial charge is 0.320 e. The zero-order valence-corrected chi connectivity index (χ0v) is 12.9. The number of carboxylic acid groups (broad SMARTS) is 1. The number of likely N-dealkylation sites (tertiary alicyclic amines) is 1. The number of aliphatic hydroxyl groups is 1. The van der Waals surface area contributed by atoms with Crippen LogP contribution in [-0.2, 0) is 4.79 Å². The average Bonchev–Trinajstić information content (AvgIpc) is 2.46. The van der Waals surface area contributed by atoms with Crippen molar-refractivity contribution in [3.63, 3.8) is 0 Å². The zero-order valence-electron chi connectivity index (χ0n) is 12.9. The van der Waals surface area contributed by atoms with E-state index in [1.54, 1.807) is 23.8 Å². The molecule has 0 aromatic carbocycles. The predicted molar refractivity (Wildman–Crippen MR) is 78.0 cm³/mol. The maximum atomic E-state index is 12.6. The summed E-state index contributed by atoms with van der Waals surface area (Å²) < 4.78 is 0. The minimum Gasteiger partial charge on any atom is -0.481 e. The van der Waals surface area contributed by atoms with Crippen molar-refractivity contribution in [1.29, 1.82) is 0 Å². The summed E-state index contributed by atoms with van der Waals surface area (Å²) in [6.07, 6.45) is 4.40. The summed E-state index contributed by atoms with van der Waals surface area (Å²) in [5, 5.41) is 19.4. The lowest BCUT2D eigenvalue weighted by Crippen LogP contribution is -2.55. The highest BCUT2D eigenvalue weighted by Crippen LogP contribution is 2.31. The van der Waals surface area contributed by atoms with Gasteiger partial charge in [-0.25, -0.2) is 4.79 Å². The number of aliphatic hydroxyl groups excluding tert-OH is 1. The Hall–Kier alpha value is -1.30. The quantitative estimate of drug-likeness (QED) is 0.810. The molecular formula is C15H26N2O4. The van der Waals surface area contributed by atoms with Crippen LogP contribution in [0.4, 0.5) is 4.79 Å². The molecule has 6 nitrogen and oxygen atoms in total. The van der Waals surface area contributed by atoms with Crippen LogP contribution in [0.15, 0.2) is 0 Å². The number of urea groups is 1. The van der Waals surface area contributed by atoms with Crippen molar-refractivity contribution in [1.82, 2.24) is 9.80 Å². The first-order chi connectivity index (χ1) is 9.85. The summed E-state index contributed by atoms with van der Waals surface area (Å²) in [4.78, 5) is 27.2. The van der Waals surface area contributed by atoms with Gasteiger partial charge in [0.25, 0.3) is 0 Å². The lowest BCUT2D eigenvalue weighted by Gasteiger charge is -2.42. The van der Waals surface area contributed by atoms with Gasteiger partial charge >= 0.3 is 12.0 Å². The molecule has 6 heteroatoms. The van der Waals surface area contributed by atoms with E-state index >= 15 is 0 Å². The fourth-order valence-corrected chi connectivity index (χ4v) is 3.49. The summed E-state index contributed by atoms with van der Waals surface area (Å²) in [6, 6.07) is -0.308. The monoisotopic (exact) mass is 298 g/mol. The molecule has 21 heavy (non-hydrogen) atoms. The largest absolute Gasteiger partial charge is 0.481 e. The van der Waals surface area contributed by atoms with Crippen molar-refractivity contribution in [3.8, 4) is 0 Å². The zero-order chi connectivity index (χ0) is 15.6. The number of hydrogen-bond donors (Lipinski definition) is 2. The van der Waals surface area contributed by atoms with Crippen LogP contribution in [0.3, 0.4) is 0 Å². The van der Waals surface area contributed by atoms with E-state index in [1.165, 1.54) is 0 Å². The molecule has 0 aromatic heterocycles. The topological polar surface area (TPSA) is 81.1 Å². The number of aliphatic carboxylic acids is 1. The first kappa shape index (κ1) is 16.1. The summed E-state index contributed by atoms with van der Waals surface area (Å²) >= 11 is 0. The fraction of sp³-hybridized carbons (Fsp3) is 0.867. The molecule has 0 radical (unpaired) electrons. The third-order valence-corrected chi connectivity index (χ3v) is 4.98. The molecule has 2 rings (SSSR count). The van der Waals surface area contributed by atoms with Crippen LogP contribution in [-0.4, -0.2) is 64.3 Å². The van der Waals surface area contributed by atoms with Crippen molar-refractivity contribution in [3.05, 3.63) is 0 Å². The Kier molecular flexibility index (Phi) is 4.76. The van der Waals surface area contributed by atoms with Gasteiger partial charge in [0.05, 0.1) is 17.6 Å². The van der Waals surface area contributed by atoms with Gasteiger partial charge in [-0.1, -0.05) is 12.8 Å². The number of piperidine rings is 1. The van der Waals surface area contributed by atoms with E-state index in [1.807, 2.05) is 0 Å². The van der Waals surface area contributed by atoms with Crippen LogP contribution in [0.25, 0.3) is 0 Å². The predicted octanol–water partition coefficient (Wildman–Crippen LogP) is 1.53. The summed E-state index contributed by atoms with van der Waals surface area (Å²) in [7, 11) is 1.72. The van der Waals surface area contributed by atoms with E-state index in [0.29, 0.717) is 19.4 Å². The molecule has 1 heterocycles. The Balaban J connectivity index is 2.03. The normalized spacial score (nSPS) is 33.6. The number of rotatable bonds is 2. The molecule has 0 bridgehead atoms. The van der Waals surface area contributed by atoms with Crippen molar-refractivity contribution in [2.45, 2.75) is 57.6 Å². The number of amides is 2. The molecule has 1 saturated carbocycles. The van der Waals surface area contributed by atoms with Crippen LogP contribution in [0.2, 0.25) is 0 Å². The molecule has 1 aliphatic carbocycles. The van der Waals surface area contributed by atoms with Gasteiger partial charge in [-0.15, -0.1) is 0 Å². The van der Waals surface area contributed by atoms with Crippen LogP contribution in [0.1, 0.15) is 45.4 Å². The van der Waals surface area contributed by atoms with Crippen molar-refractivity contribution >= 4 is 12.0 Å². The van der Waals surface area contributed by atoms with Gasteiger partial charge in [-0.2, -0.15) is 0 Å². The van der Waals surface area contributed by atoms with E-state index in [-0.39, 0.29) is 18.6 Å². The van der Waals surface area contributed by atoms with Gasteiger partial charge in [0.15, 0.2) is 0 Å². The van der Waals surface area contributed by atoms with Gasteiger partial charge < -0.3 is 20.0 Å². The molecular weight excluding hydrogens is 272 g/mol. The Morgan fingerprint density at radius 3 is 2.52 bits per heavy atom. The number of nitrogens with zero attached hydrogens (tertiary/aromatic N) is 2. The first-order valence-corrected chi connectivity index (χ1v) is 7.78. The molecule has 3 atom stereocenters. The highest BCUT2D eigenvalue weighted by molar-refractivity contribution is 5.78. The number of likely N-dealkylation sites (N-methyl/N-ethyl adjacent to an activating group) is 1. The van der Waals surface area contributed by atoms with E-state index in [9.17, 15) is 19.8 Å².